The summed E-state index contributed by atoms with van der Waals surface area (Å²) in [6.07, 6.45) is 5.90. The first-order valence-corrected chi connectivity index (χ1v) is 10.1. The monoisotopic (exact) mass is 342 g/mol. The summed E-state index contributed by atoms with van der Waals surface area (Å²) in [5, 5.41) is 0. The third-order valence-electron chi connectivity index (χ3n) is 6.49. The first-order chi connectivity index (χ1) is 11.6. The molecule has 3 fully saturated rings. The van der Waals surface area contributed by atoms with E-state index in [0.29, 0.717) is 11.8 Å². The van der Waals surface area contributed by atoms with E-state index in [1.807, 2.05) is 6.07 Å². The Morgan fingerprint density at radius 2 is 2.12 bits per heavy atom. The lowest BCUT2D eigenvalue weighted by Gasteiger charge is -2.50. The van der Waals surface area contributed by atoms with Crippen molar-refractivity contribution in [3.63, 3.8) is 0 Å². The number of ether oxygens (including phenoxy) is 1. The van der Waals surface area contributed by atoms with Gasteiger partial charge in [-0.1, -0.05) is 37.3 Å². The highest BCUT2D eigenvalue weighted by Crippen LogP contribution is 2.57. The molecule has 4 rings (SSSR count). The Morgan fingerprint density at radius 1 is 1.33 bits per heavy atom. The highest BCUT2D eigenvalue weighted by atomic mass is 32.2. The number of thioether (sulfide) groups is 1. The molecule has 128 valence electrons. The Hall–Kier alpha value is -1.22. The molecule has 3 heteroatoms. The van der Waals surface area contributed by atoms with Crippen molar-refractivity contribution in [3.05, 3.63) is 42.5 Å². The van der Waals surface area contributed by atoms with Crippen LogP contribution in [0.2, 0.25) is 0 Å². The largest absolute Gasteiger partial charge is 0.462 e. The van der Waals surface area contributed by atoms with E-state index in [-0.39, 0.29) is 23.4 Å². The van der Waals surface area contributed by atoms with Crippen LogP contribution in [-0.2, 0) is 9.53 Å². The fourth-order valence-corrected chi connectivity index (χ4v) is 6.25. The highest BCUT2D eigenvalue weighted by molar-refractivity contribution is 7.99. The fraction of sp³-hybridized carbons (Fsp3) is 0.571. The summed E-state index contributed by atoms with van der Waals surface area (Å²) >= 11 is 1.78. The molecular weight excluding hydrogens is 316 g/mol. The van der Waals surface area contributed by atoms with Gasteiger partial charge in [-0.3, -0.25) is 4.79 Å². The Balaban J connectivity index is 1.49. The van der Waals surface area contributed by atoms with Crippen molar-refractivity contribution in [2.24, 2.45) is 23.2 Å². The summed E-state index contributed by atoms with van der Waals surface area (Å²) in [5.74, 6) is 1.86. The second-order valence-electron chi connectivity index (χ2n) is 8.03. The lowest BCUT2D eigenvalue weighted by molar-refractivity contribution is -0.145. The van der Waals surface area contributed by atoms with Crippen LogP contribution in [0, 0.1) is 23.2 Å². The number of carbonyl (C=O) groups is 1. The van der Waals surface area contributed by atoms with Crippen LogP contribution < -0.4 is 0 Å². The van der Waals surface area contributed by atoms with Crippen molar-refractivity contribution in [1.29, 1.82) is 0 Å². The number of hydrogen-bond acceptors (Lipinski definition) is 3. The third kappa shape index (κ3) is 2.81. The van der Waals surface area contributed by atoms with Gasteiger partial charge in [-0.05, 0) is 55.6 Å². The lowest BCUT2D eigenvalue weighted by Crippen LogP contribution is -2.44. The van der Waals surface area contributed by atoms with Gasteiger partial charge in [0.2, 0.25) is 0 Å². The molecule has 0 radical (unpaired) electrons. The van der Waals surface area contributed by atoms with Crippen LogP contribution in [0.3, 0.4) is 0 Å². The van der Waals surface area contributed by atoms with Crippen molar-refractivity contribution >= 4 is 17.7 Å². The summed E-state index contributed by atoms with van der Waals surface area (Å²) in [4.78, 5) is 13.7. The van der Waals surface area contributed by atoms with Crippen molar-refractivity contribution in [2.45, 2.75) is 50.0 Å². The molecular formula is C21H26O2S. The number of esters is 1. The summed E-state index contributed by atoms with van der Waals surface area (Å²) in [7, 11) is 0. The average Bonchev–Trinajstić information content (AvgIpc) is 2.86. The molecule has 0 aromatic heterocycles. The van der Waals surface area contributed by atoms with Crippen LogP contribution in [-0.4, -0.2) is 17.8 Å². The van der Waals surface area contributed by atoms with Gasteiger partial charge in [-0.25, -0.2) is 0 Å². The molecule has 3 aliphatic rings. The third-order valence-corrected chi connectivity index (χ3v) is 7.62. The van der Waals surface area contributed by atoms with Crippen molar-refractivity contribution < 1.29 is 9.53 Å². The molecule has 1 aliphatic heterocycles. The second kappa shape index (κ2) is 6.25. The van der Waals surface area contributed by atoms with Gasteiger partial charge >= 0.3 is 5.97 Å². The molecule has 0 N–H and O–H groups in total. The molecule has 5 atom stereocenters. The zero-order valence-electron chi connectivity index (χ0n) is 14.4. The Morgan fingerprint density at radius 3 is 2.92 bits per heavy atom. The van der Waals surface area contributed by atoms with Crippen LogP contribution in [0.4, 0.5) is 0 Å². The molecule has 0 bridgehead atoms. The van der Waals surface area contributed by atoms with E-state index in [0.717, 1.165) is 25.0 Å². The Kier molecular flexibility index (Phi) is 4.24. The minimum atomic E-state index is 0.0290. The standard InChI is InChI=1S/C21H26O2S/c1-14-7-6-10-21(2)12-19-16(11-18(14)21)17(20(22)23-19)13-24-15-8-4-3-5-9-15/h3-5,8-9,16-19H,1,6-7,10-13H2,2H3/t16-,17-,18?,19-,21-/m1/s1. The zero-order chi connectivity index (χ0) is 16.7. The summed E-state index contributed by atoms with van der Waals surface area (Å²) in [6.45, 7) is 6.75. The van der Waals surface area contributed by atoms with Gasteiger partial charge in [0.1, 0.15) is 6.10 Å². The topological polar surface area (TPSA) is 26.3 Å². The van der Waals surface area contributed by atoms with E-state index >= 15 is 0 Å². The van der Waals surface area contributed by atoms with E-state index in [1.165, 1.54) is 23.3 Å². The molecule has 1 heterocycles. The summed E-state index contributed by atoms with van der Waals surface area (Å²) < 4.78 is 5.83. The Bertz CT molecular complexity index is 640. The molecule has 0 spiro atoms. The van der Waals surface area contributed by atoms with Gasteiger partial charge in [0.15, 0.2) is 0 Å². The van der Waals surface area contributed by atoms with Crippen LogP contribution in [0.25, 0.3) is 0 Å². The van der Waals surface area contributed by atoms with E-state index < -0.39 is 0 Å². The van der Waals surface area contributed by atoms with E-state index in [1.54, 1.807) is 11.8 Å². The van der Waals surface area contributed by atoms with Crippen LogP contribution >= 0.6 is 11.8 Å². The number of carbonyl (C=O) groups excluding carboxylic acids is 1. The summed E-state index contributed by atoms with van der Waals surface area (Å²) in [6, 6.07) is 10.4. The van der Waals surface area contributed by atoms with Crippen LogP contribution in [0.1, 0.15) is 39.0 Å². The lowest BCUT2D eigenvalue weighted by atomic mass is 9.55. The molecule has 24 heavy (non-hydrogen) atoms. The predicted octanol–water partition coefficient (Wildman–Crippen LogP) is 5.09. The van der Waals surface area contributed by atoms with Gasteiger partial charge in [0.05, 0.1) is 5.92 Å². The quantitative estimate of drug-likeness (QED) is 0.435. The number of rotatable bonds is 3. The molecule has 2 nitrogen and oxygen atoms in total. The van der Waals surface area contributed by atoms with Gasteiger partial charge < -0.3 is 4.74 Å². The molecule has 0 amide bonds. The van der Waals surface area contributed by atoms with Crippen LogP contribution in [0.5, 0.6) is 0 Å². The molecule has 1 unspecified atom stereocenters. The van der Waals surface area contributed by atoms with E-state index in [9.17, 15) is 4.79 Å². The molecule has 2 aliphatic carbocycles. The molecule has 1 saturated heterocycles. The molecule has 2 saturated carbocycles. The normalized spacial score (nSPS) is 38.4. The summed E-state index contributed by atoms with van der Waals surface area (Å²) in [5.41, 5.74) is 1.70. The van der Waals surface area contributed by atoms with Crippen molar-refractivity contribution in [2.75, 3.05) is 5.75 Å². The SMILES string of the molecule is C=C1CCC[C@]2(C)C[C@H]3OC(=O)[C@H](CSc4ccccc4)[C@H]3CC12. The minimum Gasteiger partial charge on any atom is -0.462 e. The average molecular weight is 343 g/mol. The number of benzene rings is 1. The first kappa shape index (κ1) is 16.3. The molecule has 1 aromatic rings. The van der Waals surface area contributed by atoms with E-state index in [2.05, 4.69) is 37.8 Å². The van der Waals surface area contributed by atoms with Crippen LogP contribution in [0.15, 0.2) is 47.4 Å². The second-order valence-corrected chi connectivity index (χ2v) is 9.12. The minimum absolute atomic E-state index is 0.0290. The number of fused-ring (bicyclic) bond motifs is 2. The Labute approximate surface area is 149 Å². The van der Waals surface area contributed by atoms with Crippen molar-refractivity contribution in [1.82, 2.24) is 0 Å². The van der Waals surface area contributed by atoms with Gasteiger partial charge in [0.25, 0.3) is 0 Å². The number of hydrogen-bond donors (Lipinski definition) is 0. The smallest absolute Gasteiger partial charge is 0.310 e. The molecule has 1 aromatic carbocycles. The van der Waals surface area contributed by atoms with Gasteiger partial charge in [-0.15, -0.1) is 11.8 Å². The van der Waals surface area contributed by atoms with Gasteiger partial charge in [0, 0.05) is 16.6 Å². The maximum atomic E-state index is 12.5. The predicted molar refractivity (Wildman–Crippen MR) is 97.8 cm³/mol. The van der Waals surface area contributed by atoms with E-state index in [4.69, 9.17) is 4.74 Å². The maximum Gasteiger partial charge on any atom is 0.310 e. The van der Waals surface area contributed by atoms with Gasteiger partial charge in [-0.2, -0.15) is 0 Å². The maximum absolute atomic E-state index is 12.5. The zero-order valence-corrected chi connectivity index (χ0v) is 15.2. The highest BCUT2D eigenvalue weighted by Gasteiger charge is 2.54. The van der Waals surface area contributed by atoms with Crippen molar-refractivity contribution in [3.8, 4) is 0 Å². The fourth-order valence-electron chi connectivity index (χ4n) is 5.15. The first-order valence-electron chi connectivity index (χ1n) is 9.13. The number of allylic oxidation sites excluding steroid dienone is 1.